The van der Waals surface area contributed by atoms with Gasteiger partial charge in [0.2, 0.25) is 0 Å². The maximum absolute atomic E-state index is 13.6. The minimum atomic E-state index is -0.791. The summed E-state index contributed by atoms with van der Waals surface area (Å²) < 4.78 is 31.8. The molecule has 4 nitrogen and oxygen atoms in total. The van der Waals surface area contributed by atoms with Gasteiger partial charge in [-0.3, -0.25) is 4.79 Å². The van der Waals surface area contributed by atoms with Crippen molar-refractivity contribution in [3.8, 4) is 11.5 Å². The van der Waals surface area contributed by atoms with Gasteiger partial charge < -0.3 is 15.8 Å². The number of amides is 1. The lowest BCUT2D eigenvalue weighted by Gasteiger charge is -2.26. The second-order valence-corrected chi connectivity index (χ2v) is 5.95. The van der Waals surface area contributed by atoms with E-state index in [9.17, 15) is 13.6 Å². The molecule has 2 aromatic carbocycles. The third-order valence-corrected chi connectivity index (χ3v) is 4.25. The number of rotatable bonds is 7. The van der Waals surface area contributed by atoms with Crippen LogP contribution in [-0.2, 0) is 0 Å². The van der Waals surface area contributed by atoms with Crippen molar-refractivity contribution in [2.24, 2.45) is 5.73 Å². The lowest BCUT2D eigenvalue weighted by Crippen LogP contribution is -2.49. The Morgan fingerprint density at radius 2 is 1.73 bits per heavy atom. The molecule has 2 aromatic rings. The smallest absolute Gasteiger partial charge is 0.251 e. The van der Waals surface area contributed by atoms with Crippen LogP contribution in [0.15, 0.2) is 42.5 Å². The Bertz CT molecular complexity index is 735. The first-order valence-corrected chi connectivity index (χ1v) is 8.17. The predicted molar refractivity (Wildman–Crippen MR) is 100.0 cm³/mol. The second-order valence-electron chi connectivity index (χ2n) is 5.95. The Kier molecular flexibility index (Phi) is 7.99. The maximum Gasteiger partial charge on any atom is 0.251 e. The number of ether oxygens (including phenoxy) is 1. The zero-order chi connectivity index (χ0) is 18.4. The highest BCUT2D eigenvalue weighted by molar-refractivity contribution is 5.94. The van der Waals surface area contributed by atoms with Gasteiger partial charge in [-0.05, 0) is 49.2 Å². The number of nitrogens with two attached hydrogens (primary N) is 1. The molecule has 1 amide bonds. The molecule has 0 fully saturated rings. The van der Waals surface area contributed by atoms with Crippen LogP contribution in [0, 0.1) is 11.6 Å². The number of benzene rings is 2. The lowest BCUT2D eigenvalue weighted by atomic mass is 9.94. The number of hydrogen-bond acceptors (Lipinski definition) is 3. The topological polar surface area (TPSA) is 64.3 Å². The van der Waals surface area contributed by atoms with Gasteiger partial charge in [0.25, 0.3) is 5.91 Å². The van der Waals surface area contributed by atoms with Crippen LogP contribution in [-0.4, -0.2) is 18.0 Å². The summed E-state index contributed by atoms with van der Waals surface area (Å²) in [7, 11) is 0. The molecule has 0 atom stereocenters. The Morgan fingerprint density at radius 3 is 2.27 bits per heavy atom. The molecule has 0 radical (unpaired) electrons. The number of hydrogen-bond donors (Lipinski definition) is 2. The van der Waals surface area contributed by atoms with Gasteiger partial charge in [-0.15, -0.1) is 12.4 Å². The van der Waals surface area contributed by atoms with Gasteiger partial charge >= 0.3 is 0 Å². The SMILES string of the molecule is CCC(N)(CC)CNC(=O)c1ccc(Oc2ccc(F)cc2F)cc1.Cl. The molecule has 3 N–H and O–H groups in total. The third-order valence-electron chi connectivity index (χ3n) is 4.25. The first-order chi connectivity index (χ1) is 11.9. The molecular weight excluding hydrogens is 362 g/mol. The molecule has 0 saturated heterocycles. The van der Waals surface area contributed by atoms with Crippen molar-refractivity contribution in [2.45, 2.75) is 32.2 Å². The van der Waals surface area contributed by atoms with E-state index in [1.54, 1.807) is 24.3 Å². The fourth-order valence-electron chi connectivity index (χ4n) is 2.22. The van der Waals surface area contributed by atoms with Crippen LogP contribution in [0.25, 0.3) is 0 Å². The first kappa shape index (κ1) is 21.9. The zero-order valence-electron chi connectivity index (χ0n) is 14.7. The number of carbonyl (C=O) groups is 1. The Labute approximate surface area is 158 Å². The molecule has 0 bridgehead atoms. The van der Waals surface area contributed by atoms with Gasteiger partial charge in [-0.2, -0.15) is 0 Å². The molecule has 26 heavy (non-hydrogen) atoms. The molecule has 0 aliphatic carbocycles. The molecule has 0 aliphatic heterocycles. The van der Waals surface area contributed by atoms with Crippen molar-refractivity contribution in [1.29, 1.82) is 0 Å². The molecule has 0 spiro atoms. The molecule has 0 saturated carbocycles. The molecule has 142 valence electrons. The van der Waals surface area contributed by atoms with Crippen LogP contribution in [0.1, 0.15) is 37.0 Å². The summed E-state index contributed by atoms with van der Waals surface area (Å²) >= 11 is 0. The van der Waals surface area contributed by atoms with Crippen molar-refractivity contribution in [3.63, 3.8) is 0 Å². The van der Waals surface area contributed by atoms with Crippen LogP contribution in [0.3, 0.4) is 0 Å². The molecule has 0 aromatic heterocycles. The summed E-state index contributed by atoms with van der Waals surface area (Å²) in [6.45, 7) is 4.35. The van der Waals surface area contributed by atoms with Gasteiger partial charge in [-0.1, -0.05) is 13.8 Å². The van der Waals surface area contributed by atoms with Crippen molar-refractivity contribution in [3.05, 3.63) is 59.7 Å². The highest BCUT2D eigenvalue weighted by Crippen LogP contribution is 2.25. The van der Waals surface area contributed by atoms with Gasteiger partial charge in [0.15, 0.2) is 11.6 Å². The quantitative estimate of drug-likeness (QED) is 0.742. The van der Waals surface area contributed by atoms with E-state index in [1.165, 1.54) is 6.07 Å². The Morgan fingerprint density at radius 1 is 1.12 bits per heavy atom. The van der Waals surface area contributed by atoms with Gasteiger partial charge in [0.1, 0.15) is 11.6 Å². The van der Waals surface area contributed by atoms with E-state index in [4.69, 9.17) is 10.5 Å². The van der Waals surface area contributed by atoms with Gasteiger partial charge in [-0.25, -0.2) is 8.78 Å². The van der Waals surface area contributed by atoms with Crippen LogP contribution in [0.4, 0.5) is 8.78 Å². The highest BCUT2D eigenvalue weighted by Gasteiger charge is 2.21. The number of halogens is 3. The fourth-order valence-corrected chi connectivity index (χ4v) is 2.22. The summed E-state index contributed by atoms with van der Waals surface area (Å²) in [4.78, 5) is 12.2. The number of carbonyl (C=O) groups excluding carboxylic acids is 1. The van der Waals surface area contributed by atoms with E-state index in [2.05, 4.69) is 5.32 Å². The average molecular weight is 385 g/mol. The summed E-state index contributed by atoms with van der Waals surface area (Å²) in [5.74, 6) is -1.45. The lowest BCUT2D eigenvalue weighted by molar-refractivity contribution is 0.0942. The first-order valence-electron chi connectivity index (χ1n) is 8.17. The largest absolute Gasteiger partial charge is 0.454 e. The van der Waals surface area contributed by atoms with Crippen molar-refractivity contribution >= 4 is 18.3 Å². The normalized spacial score (nSPS) is 10.8. The minimum Gasteiger partial charge on any atom is -0.454 e. The van der Waals surface area contributed by atoms with E-state index in [-0.39, 0.29) is 24.1 Å². The minimum absolute atomic E-state index is 0. The van der Waals surface area contributed by atoms with E-state index in [0.717, 1.165) is 25.0 Å². The average Bonchev–Trinajstić information content (AvgIpc) is 2.62. The zero-order valence-corrected chi connectivity index (χ0v) is 15.5. The third kappa shape index (κ3) is 5.68. The van der Waals surface area contributed by atoms with Gasteiger partial charge in [0, 0.05) is 23.7 Å². The van der Waals surface area contributed by atoms with E-state index in [1.807, 2.05) is 13.8 Å². The predicted octanol–water partition coefficient (Wildman–Crippen LogP) is 4.43. The molecular formula is C19H23ClF2N2O2. The molecule has 0 unspecified atom stereocenters. The van der Waals surface area contributed by atoms with Crippen LogP contribution < -0.4 is 15.8 Å². The van der Waals surface area contributed by atoms with Crippen LogP contribution >= 0.6 is 12.4 Å². The van der Waals surface area contributed by atoms with E-state index >= 15 is 0 Å². The van der Waals surface area contributed by atoms with Crippen LogP contribution in [0.2, 0.25) is 0 Å². The molecule has 7 heteroatoms. The van der Waals surface area contributed by atoms with E-state index < -0.39 is 17.2 Å². The Hall–Kier alpha value is -2.18. The Balaban J connectivity index is 0.00000338. The maximum atomic E-state index is 13.6. The number of nitrogens with one attached hydrogen (secondary N) is 1. The standard InChI is InChI=1S/C19H22F2N2O2.ClH/c1-3-19(22,4-2)12-23-18(24)13-5-8-15(9-6-13)25-17-10-7-14(20)11-16(17)21;/h5-11H,3-4,12,22H2,1-2H3,(H,23,24);1H. The highest BCUT2D eigenvalue weighted by atomic mass is 35.5. The molecule has 0 heterocycles. The van der Waals surface area contributed by atoms with Crippen molar-refractivity contribution in [2.75, 3.05) is 6.54 Å². The monoisotopic (exact) mass is 384 g/mol. The summed E-state index contributed by atoms with van der Waals surface area (Å²) in [6, 6.07) is 9.31. The molecule has 2 rings (SSSR count). The van der Waals surface area contributed by atoms with E-state index in [0.29, 0.717) is 17.9 Å². The summed E-state index contributed by atoms with van der Waals surface area (Å²) in [6.07, 6.45) is 1.53. The van der Waals surface area contributed by atoms with Gasteiger partial charge in [0.05, 0.1) is 0 Å². The summed E-state index contributed by atoms with van der Waals surface area (Å²) in [5, 5.41) is 2.82. The van der Waals surface area contributed by atoms with Crippen molar-refractivity contribution < 1.29 is 18.3 Å². The molecule has 0 aliphatic rings. The van der Waals surface area contributed by atoms with Crippen LogP contribution in [0.5, 0.6) is 11.5 Å². The summed E-state index contributed by atoms with van der Waals surface area (Å²) in [5.41, 5.74) is 6.19. The van der Waals surface area contributed by atoms with Crippen molar-refractivity contribution in [1.82, 2.24) is 5.32 Å². The second kappa shape index (κ2) is 9.50. The fraction of sp³-hybridized carbons (Fsp3) is 0.316.